The summed E-state index contributed by atoms with van der Waals surface area (Å²) < 4.78 is 44.2. The lowest BCUT2D eigenvalue weighted by Gasteiger charge is -2.19. The molecule has 186 valence electrons. The van der Waals surface area contributed by atoms with Gasteiger partial charge in [0.05, 0.1) is 17.0 Å². The first-order valence-corrected chi connectivity index (χ1v) is 13.2. The van der Waals surface area contributed by atoms with Crippen LogP contribution in [-0.4, -0.2) is 40.2 Å². The molecular weight excluding hydrogens is 456 g/mol. The van der Waals surface area contributed by atoms with Crippen molar-refractivity contribution in [2.24, 2.45) is 0 Å². The van der Waals surface area contributed by atoms with Crippen LogP contribution in [0.25, 0.3) is 0 Å². The highest BCUT2D eigenvalue weighted by Gasteiger charge is 2.19. The van der Waals surface area contributed by atoms with Gasteiger partial charge >= 0.3 is 0 Å². The Morgan fingerprint density at radius 3 is 2.53 bits per heavy atom. The van der Waals surface area contributed by atoms with Crippen LogP contribution in [0.4, 0.5) is 0 Å². The zero-order chi connectivity index (χ0) is 24.6. The summed E-state index contributed by atoms with van der Waals surface area (Å²) in [6.45, 7) is 7.04. The smallest absolute Gasteiger partial charge is 0.240 e. The summed E-state index contributed by atoms with van der Waals surface area (Å²) in [5.74, 6) is 1.75. The summed E-state index contributed by atoms with van der Waals surface area (Å²) in [5.41, 5.74) is 0.986. The number of fused-ring (bicyclic) bond motifs is 1. The second kappa shape index (κ2) is 12.1. The van der Waals surface area contributed by atoms with E-state index in [0.29, 0.717) is 50.5 Å². The van der Waals surface area contributed by atoms with Gasteiger partial charge in [0.2, 0.25) is 15.9 Å². The SMILES string of the molecule is CC(C)Oc1cccc(C(C)NC(=O)CCCCCNS(=O)(=O)c2ccc3c(c2)OCCO3)c1. The molecule has 3 rings (SSSR count). The Kier molecular flexibility index (Phi) is 9.18. The van der Waals surface area contributed by atoms with Crippen LogP contribution >= 0.6 is 0 Å². The first kappa shape index (κ1) is 25.8. The lowest BCUT2D eigenvalue weighted by atomic mass is 10.1. The van der Waals surface area contributed by atoms with E-state index in [4.69, 9.17) is 14.2 Å². The molecule has 0 spiro atoms. The molecule has 0 bridgehead atoms. The first-order chi connectivity index (χ1) is 16.2. The van der Waals surface area contributed by atoms with Gasteiger partial charge in [-0.25, -0.2) is 13.1 Å². The van der Waals surface area contributed by atoms with Crippen molar-refractivity contribution in [2.75, 3.05) is 19.8 Å². The van der Waals surface area contributed by atoms with Crippen molar-refractivity contribution in [1.82, 2.24) is 10.0 Å². The standard InChI is InChI=1S/C25H34N2O6S/c1-18(2)33-21-9-7-8-20(16-21)19(3)27-25(28)10-5-4-6-13-26-34(29,30)22-11-12-23-24(17-22)32-15-14-31-23/h7-9,11-12,16-19,26H,4-6,10,13-15H2,1-3H3,(H,27,28). The summed E-state index contributed by atoms with van der Waals surface area (Å²) in [7, 11) is -3.63. The lowest BCUT2D eigenvalue weighted by Crippen LogP contribution is -2.27. The number of sulfonamides is 1. The first-order valence-electron chi connectivity index (χ1n) is 11.7. The van der Waals surface area contributed by atoms with Crippen LogP contribution in [0, 0.1) is 0 Å². The average molecular weight is 491 g/mol. The van der Waals surface area contributed by atoms with Crippen LogP contribution in [0.3, 0.4) is 0 Å². The second-order valence-corrected chi connectivity index (χ2v) is 10.3. The van der Waals surface area contributed by atoms with Crippen LogP contribution in [-0.2, 0) is 14.8 Å². The van der Waals surface area contributed by atoms with Gasteiger partial charge in [-0.15, -0.1) is 0 Å². The number of ether oxygens (including phenoxy) is 3. The highest BCUT2D eigenvalue weighted by molar-refractivity contribution is 7.89. The molecule has 0 saturated heterocycles. The van der Waals surface area contributed by atoms with Gasteiger partial charge < -0.3 is 19.5 Å². The van der Waals surface area contributed by atoms with E-state index in [1.165, 1.54) is 12.1 Å². The zero-order valence-electron chi connectivity index (χ0n) is 20.0. The molecule has 2 aromatic carbocycles. The largest absolute Gasteiger partial charge is 0.491 e. The van der Waals surface area contributed by atoms with Gasteiger partial charge in [-0.3, -0.25) is 4.79 Å². The predicted octanol–water partition coefficient (Wildman–Crippen LogP) is 3.96. The Morgan fingerprint density at radius 2 is 1.76 bits per heavy atom. The molecule has 1 heterocycles. The Balaban J connectivity index is 1.36. The number of carbonyl (C=O) groups is 1. The minimum Gasteiger partial charge on any atom is -0.491 e. The molecule has 34 heavy (non-hydrogen) atoms. The number of nitrogens with one attached hydrogen (secondary N) is 2. The average Bonchev–Trinajstić information content (AvgIpc) is 2.80. The Labute approximate surface area is 202 Å². The number of rotatable bonds is 12. The molecule has 2 N–H and O–H groups in total. The molecule has 1 atom stereocenters. The van der Waals surface area contributed by atoms with Crippen molar-refractivity contribution in [3.8, 4) is 17.2 Å². The van der Waals surface area contributed by atoms with Gasteiger partial charge in [-0.2, -0.15) is 0 Å². The topological polar surface area (TPSA) is 103 Å². The molecule has 0 saturated carbocycles. The van der Waals surface area contributed by atoms with E-state index in [2.05, 4.69) is 10.0 Å². The highest BCUT2D eigenvalue weighted by atomic mass is 32.2. The molecule has 0 aliphatic carbocycles. The van der Waals surface area contributed by atoms with Gasteiger partial charge in [0.15, 0.2) is 11.5 Å². The van der Waals surface area contributed by atoms with E-state index in [-0.39, 0.29) is 22.9 Å². The van der Waals surface area contributed by atoms with Gasteiger partial charge in [0.1, 0.15) is 19.0 Å². The maximum absolute atomic E-state index is 12.5. The Morgan fingerprint density at radius 1 is 1.00 bits per heavy atom. The van der Waals surface area contributed by atoms with Crippen molar-refractivity contribution in [2.45, 2.75) is 63.5 Å². The number of unbranched alkanes of at least 4 members (excludes halogenated alkanes) is 2. The molecule has 1 amide bonds. The molecule has 1 unspecified atom stereocenters. The normalized spacial score (nSPS) is 14.0. The number of hydrogen-bond donors (Lipinski definition) is 2. The molecule has 0 radical (unpaired) electrons. The third-order valence-corrected chi connectivity index (χ3v) is 6.76. The van der Waals surface area contributed by atoms with Crippen molar-refractivity contribution in [1.29, 1.82) is 0 Å². The Hall–Kier alpha value is -2.78. The minimum absolute atomic E-state index is 0.0282. The van der Waals surface area contributed by atoms with Crippen LogP contribution < -0.4 is 24.2 Å². The van der Waals surface area contributed by atoms with E-state index >= 15 is 0 Å². The predicted molar refractivity (Wildman–Crippen MR) is 130 cm³/mol. The molecule has 8 nitrogen and oxygen atoms in total. The molecule has 9 heteroatoms. The fourth-order valence-electron chi connectivity index (χ4n) is 3.59. The Bertz CT molecular complexity index is 1070. The molecule has 2 aromatic rings. The van der Waals surface area contributed by atoms with E-state index in [9.17, 15) is 13.2 Å². The van der Waals surface area contributed by atoms with Gasteiger partial charge in [-0.05, 0) is 63.4 Å². The second-order valence-electron chi connectivity index (χ2n) is 8.54. The molecule has 0 fully saturated rings. The maximum atomic E-state index is 12.5. The zero-order valence-corrected chi connectivity index (χ0v) is 20.8. The van der Waals surface area contributed by atoms with Crippen molar-refractivity contribution < 1.29 is 27.4 Å². The summed E-state index contributed by atoms with van der Waals surface area (Å²) in [6.07, 6.45) is 2.54. The minimum atomic E-state index is -3.63. The fraction of sp³-hybridized carbons (Fsp3) is 0.480. The molecular formula is C25H34N2O6S. The summed E-state index contributed by atoms with van der Waals surface area (Å²) in [4.78, 5) is 12.5. The van der Waals surface area contributed by atoms with Gasteiger partial charge in [-0.1, -0.05) is 18.6 Å². The van der Waals surface area contributed by atoms with Gasteiger partial charge in [0.25, 0.3) is 0 Å². The number of amides is 1. The van der Waals surface area contributed by atoms with Crippen LogP contribution in [0.15, 0.2) is 47.4 Å². The van der Waals surface area contributed by atoms with Crippen LogP contribution in [0.2, 0.25) is 0 Å². The fourth-order valence-corrected chi connectivity index (χ4v) is 4.68. The van der Waals surface area contributed by atoms with E-state index < -0.39 is 10.0 Å². The quantitative estimate of drug-likeness (QED) is 0.437. The highest BCUT2D eigenvalue weighted by Crippen LogP contribution is 2.32. The third-order valence-electron chi connectivity index (χ3n) is 5.30. The van der Waals surface area contributed by atoms with Crippen molar-refractivity contribution in [3.05, 3.63) is 48.0 Å². The van der Waals surface area contributed by atoms with Crippen molar-refractivity contribution >= 4 is 15.9 Å². The van der Waals surface area contributed by atoms with Gasteiger partial charge in [0, 0.05) is 19.0 Å². The van der Waals surface area contributed by atoms with Crippen LogP contribution in [0.1, 0.15) is 58.1 Å². The van der Waals surface area contributed by atoms with E-state index in [0.717, 1.165) is 17.7 Å². The molecule has 0 aromatic heterocycles. The maximum Gasteiger partial charge on any atom is 0.240 e. The lowest BCUT2D eigenvalue weighted by molar-refractivity contribution is -0.121. The number of benzene rings is 2. The summed E-state index contributed by atoms with van der Waals surface area (Å²) in [6, 6.07) is 12.2. The number of carbonyl (C=O) groups excluding carboxylic acids is 1. The number of hydrogen-bond acceptors (Lipinski definition) is 6. The van der Waals surface area contributed by atoms with Crippen LogP contribution in [0.5, 0.6) is 17.2 Å². The third kappa shape index (κ3) is 7.63. The molecule has 1 aliphatic rings. The monoisotopic (exact) mass is 490 g/mol. The molecule has 1 aliphatic heterocycles. The summed E-state index contributed by atoms with van der Waals surface area (Å²) >= 11 is 0. The van der Waals surface area contributed by atoms with Crippen molar-refractivity contribution in [3.63, 3.8) is 0 Å². The van der Waals surface area contributed by atoms with E-state index in [1.54, 1.807) is 6.07 Å². The summed E-state index contributed by atoms with van der Waals surface area (Å²) in [5, 5.41) is 3.01. The van der Waals surface area contributed by atoms with E-state index in [1.807, 2.05) is 45.0 Å².